The zero-order chi connectivity index (χ0) is 11.9. The van der Waals surface area contributed by atoms with Gasteiger partial charge in [-0.25, -0.2) is 0 Å². The molecule has 0 aliphatic carbocycles. The van der Waals surface area contributed by atoms with Crippen LogP contribution in [0.3, 0.4) is 0 Å². The van der Waals surface area contributed by atoms with E-state index in [1.165, 1.54) is 0 Å². The summed E-state index contributed by atoms with van der Waals surface area (Å²) in [6.45, 7) is 5.75. The van der Waals surface area contributed by atoms with E-state index in [4.69, 9.17) is 9.84 Å². The van der Waals surface area contributed by atoms with Crippen LogP contribution in [0.15, 0.2) is 0 Å². The smallest absolute Gasteiger partial charge is 0.0798 e. The molecule has 3 atom stereocenters. The van der Waals surface area contributed by atoms with Crippen molar-refractivity contribution in [3.05, 3.63) is 0 Å². The van der Waals surface area contributed by atoms with E-state index in [1.54, 1.807) is 0 Å². The standard InChI is InChI=1S/C11H24O4/c1-4-9(13)8-15-11(3,5-2)6-10(14)7-12/h9-10,12-14H,4-8H2,1-3H3/t9?,10?,11-/m1/s1. The van der Waals surface area contributed by atoms with E-state index in [-0.39, 0.29) is 13.2 Å². The van der Waals surface area contributed by atoms with Crippen LogP contribution >= 0.6 is 0 Å². The molecule has 0 aromatic rings. The van der Waals surface area contributed by atoms with Gasteiger partial charge < -0.3 is 20.1 Å². The second-order valence-electron chi connectivity index (χ2n) is 4.22. The second-order valence-corrected chi connectivity index (χ2v) is 4.22. The Morgan fingerprint density at radius 3 is 2.20 bits per heavy atom. The SMILES string of the molecule is CCC(O)CO[C@](C)(CC)CC(O)CO. The molecule has 0 saturated heterocycles. The van der Waals surface area contributed by atoms with Crippen LogP contribution < -0.4 is 0 Å². The molecule has 0 aromatic carbocycles. The van der Waals surface area contributed by atoms with E-state index in [9.17, 15) is 10.2 Å². The van der Waals surface area contributed by atoms with Crippen molar-refractivity contribution in [2.24, 2.45) is 0 Å². The predicted octanol–water partition coefficient (Wildman–Crippen LogP) is 0.686. The van der Waals surface area contributed by atoms with Gasteiger partial charge in [0.2, 0.25) is 0 Å². The van der Waals surface area contributed by atoms with Gasteiger partial charge in [0.25, 0.3) is 0 Å². The molecule has 0 radical (unpaired) electrons. The van der Waals surface area contributed by atoms with Crippen LogP contribution in [-0.4, -0.2) is 46.3 Å². The third-order valence-corrected chi connectivity index (χ3v) is 2.72. The second kappa shape index (κ2) is 7.17. The summed E-state index contributed by atoms with van der Waals surface area (Å²) in [6.07, 6.45) is 0.565. The quantitative estimate of drug-likeness (QED) is 0.563. The van der Waals surface area contributed by atoms with Gasteiger partial charge in [0.05, 0.1) is 31.0 Å². The first-order valence-corrected chi connectivity index (χ1v) is 5.58. The minimum absolute atomic E-state index is 0.255. The maximum Gasteiger partial charge on any atom is 0.0798 e. The molecule has 92 valence electrons. The van der Waals surface area contributed by atoms with Crippen LogP contribution in [0.1, 0.15) is 40.0 Å². The number of rotatable bonds is 8. The Labute approximate surface area is 91.9 Å². The Morgan fingerprint density at radius 1 is 1.20 bits per heavy atom. The molecule has 2 unspecified atom stereocenters. The van der Waals surface area contributed by atoms with Crippen LogP contribution in [0, 0.1) is 0 Å². The number of aliphatic hydroxyl groups is 3. The molecule has 15 heavy (non-hydrogen) atoms. The van der Waals surface area contributed by atoms with Crippen molar-refractivity contribution in [3.63, 3.8) is 0 Å². The zero-order valence-electron chi connectivity index (χ0n) is 9.94. The minimum atomic E-state index is -0.756. The van der Waals surface area contributed by atoms with Gasteiger partial charge in [-0.1, -0.05) is 13.8 Å². The Morgan fingerprint density at radius 2 is 1.80 bits per heavy atom. The fraction of sp³-hybridized carbons (Fsp3) is 1.00. The van der Waals surface area contributed by atoms with E-state index in [0.29, 0.717) is 12.8 Å². The van der Waals surface area contributed by atoms with Crippen molar-refractivity contribution in [2.75, 3.05) is 13.2 Å². The van der Waals surface area contributed by atoms with Crippen molar-refractivity contribution < 1.29 is 20.1 Å². The molecule has 0 aliphatic rings. The van der Waals surface area contributed by atoms with Crippen molar-refractivity contribution in [3.8, 4) is 0 Å². The lowest BCUT2D eigenvalue weighted by Gasteiger charge is -2.31. The highest BCUT2D eigenvalue weighted by Gasteiger charge is 2.26. The predicted molar refractivity (Wildman–Crippen MR) is 58.7 cm³/mol. The fourth-order valence-corrected chi connectivity index (χ4v) is 1.28. The van der Waals surface area contributed by atoms with E-state index in [0.717, 1.165) is 6.42 Å². The van der Waals surface area contributed by atoms with E-state index in [1.807, 2.05) is 20.8 Å². The van der Waals surface area contributed by atoms with Crippen molar-refractivity contribution in [1.82, 2.24) is 0 Å². The van der Waals surface area contributed by atoms with Crippen LogP contribution in [0.5, 0.6) is 0 Å². The van der Waals surface area contributed by atoms with Crippen LogP contribution in [-0.2, 0) is 4.74 Å². The summed E-state index contributed by atoms with van der Waals surface area (Å²) < 4.78 is 5.58. The maximum atomic E-state index is 9.37. The molecular weight excluding hydrogens is 196 g/mol. The summed E-state index contributed by atoms with van der Waals surface area (Å²) in [5.41, 5.74) is -0.474. The molecule has 3 N–H and O–H groups in total. The van der Waals surface area contributed by atoms with Gasteiger partial charge in [0.15, 0.2) is 0 Å². The first-order valence-electron chi connectivity index (χ1n) is 5.58. The minimum Gasteiger partial charge on any atom is -0.394 e. The lowest BCUT2D eigenvalue weighted by Crippen LogP contribution is -2.36. The van der Waals surface area contributed by atoms with Gasteiger partial charge in [0, 0.05) is 6.42 Å². The lowest BCUT2D eigenvalue weighted by molar-refractivity contribution is -0.0974. The van der Waals surface area contributed by atoms with Crippen LogP contribution in [0.4, 0.5) is 0 Å². The van der Waals surface area contributed by atoms with Gasteiger partial charge in [-0.2, -0.15) is 0 Å². The summed E-state index contributed by atoms with van der Waals surface area (Å²) in [7, 11) is 0. The highest BCUT2D eigenvalue weighted by molar-refractivity contribution is 4.77. The Kier molecular flexibility index (Phi) is 7.09. The molecule has 0 saturated carbocycles. The van der Waals surface area contributed by atoms with E-state index in [2.05, 4.69) is 0 Å². The highest BCUT2D eigenvalue weighted by atomic mass is 16.5. The molecule has 0 spiro atoms. The maximum absolute atomic E-state index is 9.37. The molecular formula is C11H24O4. The molecule has 0 amide bonds. The Hall–Kier alpha value is -0.160. The summed E-state index contributed by atoms with van der Waals surface area (Å²) in [4.78, 5) is 0. The normalized spacial score (nSPS) is 19.6. The van der Waals surface area contributed by atoms with Crippen LogP contribution in [0.2, 0.25) is 0 Å². The van der Waals surface area contributed by atoms with Gasteiger partial charge in [-0.05, 0) is 19.8 Å². The number of ether oxygens (including phenoxy) is 1. The number of aliphatic hydroxyl groups excluding tert-OH is 3. The topological polar surface area (TPSA) is 69.9 Å². The van der Waals surface area contributed by atoms with Crippen molar-refractivity contribution >= 4 is 0 Å². The molecule has 0 heterocycles. The summed E-state index contributed by atoms with van der Waals surface area (Å²) >= 11 is 0. The van der Waals surface area contributed by atoms with Crippen molar-refractivity contribution in [1.29, 1.82) is 0 Å². The summed E-state index contributed by atoms with van der Waals surface area (Å²) in [6, 6.07) is 0. The molecule has 4 nitrogen and oxygen atoms in total. The molecule has 0 aromatic heterocycles. The first kappa shape index (κ1) is 14.8. The molecule has 0 rings (SSSR count). The van der Waals surface area contributed by atoms with E-state index < -0.39 is 17.8 Å². The third kappa shape index (κ3) is 6.10. The molecule has 0 bridgehead atoms. The van der Waals surface area contributed by atoms with E-state index >= 15 is 0 Å². The van der Waals surface area contributed by atoms with Gasteiger partial charge in [-0.3, -0.25) is 0 Å². The summed E-state index contributed by atoms with van der Waals surface area (Å²) in [5, 5.41) is 27.5. The average Bonchev–Trinajstić information content (AvgIpc) is 2.25. The lowest BCUT2D eigenvalue weighted by atomic mass is 9.95. The zero-order valence-corrected chi connectivity index (χ0v) is 9.94. The average molecular weight is 220 g/mol. The highest BCUT2D eigenvalue weighted by Crippen LogP contribution is 2.22. The monoisotopic (exact) mass is 220 g/mol. The largest absolute Gasteiger partial charge is 0.394 e. The molecule has 0 fully saturated rings. The number of hydrogen-bond acceptors (Lipinski definition) is 4. The first-order chi connectivity index (χ1) is 6.97. The van der Waals surface area contributed by atoms with Crippen LogP contribution in [0.25, 0.3) is 0 Å². The number of hydrogen-bond donors (Lipinski definition) is 3. The van der Waals surface area contributed by atoms with Gasteiger partial charge in [-0.15, -0.1) is 0 Å². The summed E-state index contributed by atoms with van der Waals surface area (Å²) in [5.74, 6) is 0. The van der Waals surface area contributed by atoms with Gasteiger partial charge >= 0.3 is 0 Å². The Bertz CT molecular complexity index is 163. The molecule has 4 heteroatoms. The van der Waals surface area contributed by atoms with Gasteiger partial charge in [0.1, 0.15) is 0 Å². The Balaban J connectivity index is 4.06. The third-order valence-electron chi connectivity index (χ3n) is 2.72. The molecule has 0 aliphatic heterocycles. The van der Waals surface area contributed by atoms with Crippen molar-refractivity contribution in [2.45, 2.75) is 57.8 Å². The fourth-order valence-electron chi connectivity index (χ4n) is 1.28.